The van der Waals surface area contributed by atoms with Gasteiger partial charge in [-0.25, -0.2) is 4.98 Å². The van der Waals surface area contributed by atoms with E-state index >= 15 is 0 Å². The van der Waals surface area contributed by atoms with Crippen LogP contribution in [0.2, 0.25) is 0 Å². The highest BCUT2D eigenvalue weighted by Gasteiger charge is 2.18. The minimum absolute atomic E-state index is 0.00527. The van der Waals surface area contributed by atoms with Gasteiger partial charge in [-0.3, -0.25) is 14.5 Å². The third-order valence-electron chi connectivity index (χ3n) is 5.47. The van der Waals surface area contributed by atoms with Crippen molar-refractivity contribution in [2.45, 2.75) is 19.9 Å². The normalized spacial score (nSPS) is 15.0. The number of H-pyrrole nitrogens is 1. The van der Waals surface area contributed by atoms with Crippen LogP contribution in [0.4, 0.5) is 5.69 Å². The molecular weight excluding hydrogens is 368 g/mol. The van der Waals surface area contributed by atoms with Crippen molar-refractivity contribution in [1.82, 2.24) is 24.6 Å². The number of aromatic amines is 1. The second kappa shape index (κ2) is 8.08. The molecule has 0 spiro atoms. The van der Waals surface area contributed by atoms with Gasteiger partial charge in [-0.05, 0) is 30.2 Å². The summed E-state index contributed by atoms with van der Waals surface area (Å²) in [6.45, 7) is 6.55. The Kier molecular flexibility index (Phi) is 5.35. The van der Waals surface area contributed by atoms with Gasteiger partial charge in [0.2, 0.25) is 0 Å². The van der Waals surface area contributed by atoms with Crippen molar-refractivity contribution >= 4 is 17.2 Å². The molecule has 3 aromatic heterocycles. The summed E-state index contributed by atoms with van der Waals surface area (Å²) in [6, 6.07) is 5.77. The number of piperazine rings is 1. The molecule has 8 nitrogen and oxygen atoms in total. The van der Waals surface area contributed by atoms with Crippen molar-refractivity contribution in [3.63, 3.8) is 0 Å². The predicted molar refractivity (Wildman–Crippen MR) is 113 cm³/mol. The van der Waals surface area contributed by atoms with Crippen LogP contribution >= 0.6 is 0 Å². The van der Waals surface area contributed by atoms with Gasteiger partial charge in [0.05, 0.1) is 11.9 Å². The molecule has 1 aliphatic rings. The summed E-state index contributed by atoms with van der Waals surface area (Å²) in [5.41, 5.74) is 4.29. The molecule has 0 unspecified atom stereocenters. The summed E-state index contributed by atoms with van der Waals surface area (Å²) in [7, 11) is 1.60. The molecule has 8 heteroatoms. The lowest BCUT2D eigenvalue weighted by Crippen LogP contribution is -2.46. The van der Waals surface area contributed by atoms with Crippen LogP contribution in [-0.2, 0) is 13.0 Å². The summed E-state index contributed by atoms with van der Waals surface area (Å²) in [6.07, 6.45) is 6.51. The summed E-state index contributed by atoms with van der Waals surface area (Å²) in [5, 5.41) is 2.59. The minimum Gasteiger partial charge on any atom is -0.368 e. The molecule has 2 N–H and O–H groups in total. The minimum atomic E-state index is -0.172. The van der Waals surface area contributed by atoms with Gasteiger partial charge in [-0.15, -0.1) is 0 Å². The maximum Gasteiger partial charge on any atom is 0.269 e. The number of pyridine rings is 1. The van der Waals surface area contributed by atoms with Crippen molar-refractivity contribution in [2.24, 2.45) is 0 Å². The van der Waals surface area contributed by atoms with Crippen molar-refractivity contribution in [3.05, 3.63) is 64.0 Å². The van der Waals surface area contributed by atoms with Gasteiger partial charge >= 0.3 is 0 Å². The molecular formula is C21H26N6O2. The Morgan fingerprint density at radius 2 is 2.00 bits per heavy atom. The molecule has 4 heterocycles. The number of amides is 1. The standard InChI is InChI=1S/C21H26N6O2/c1-3-16-14-27-13-15(10-19(27)24-20(16)28)12-25-6-8-26(9-7-25)17-4-5-18(23-11-17)21(29)22-2/h4-5,10-11,13-14H,3,6-9,12H2,1-2H3,(H,22,29)(H,24,28). The number of anilines is 1. The van der Waals surface area contributed by atoms with E-state index in [0.717, 1.165) is 56.0 Å². The number of hydrogen-bond donors (Lipinski definition) is 2. The predicted octanol–water partition coefficient (Wildman–Crippen LogP) is 1.27. The summed E-state index contributed by atoms with van der Waals surface area (Å²) in [4.78, 5) is 35.5. The van der Waals surface area contributed by atoms with Gasteiger partial charge in [0.1, 0.15) is 11.3 Å². The number of carbonyl (C=O) groups is 1. The van der Waals surface area contributed by atoms with Crippen LogP contribution in [0.3, 0.4) is 0 Å². The zero-order valence-electron chi connectivity index (χ0n) is 16.8. The molecule has 0 aromatic carbocycles. The molecule has 29 heavy (non-hydrogen) atoms. The molecule has 1 amide bonds. The van der Waals surface area contributed by atoms with E-state index in [1.54, 1.807) is 19.3 Å². The van der Waals surface area contributed by atoms with E-state index in [9.17, 15) is 9.59 Å². The number of aromatic nitrogens is 3. The fraction of sp³-hybridized carbons (Fsp3) is 0.381. The molecule has 0 atom stereocenters. The monoisotopic (exact) mass is 394 g/mol. The van der Waals surface area contributed by atoms with Gasteiger partial charge in [-0.2, -0.15) is 0 Å². The number of hydrogen-bond acceptors (Lipinski definition) is 5. The topological polar surface area (TPSA) is 85.7 Å². The van der Waals surface area contributed by atoms with Crippen LogP contribution in [0.25, 0.3) is 5.65 Å². The maximum atomic E-state index is 12.0. The molecule has 3 aromatic rings. The van der Waals surface area contributed by atoms with Crippen molar-refractivity contribution in [2.75, 3.05) is 38.1 Å². The number of carbonyl (C=O) groups excluding carboxylic acids is 1. The van der Waals surface area contributed by atoms with Gasteiger partial charge in [0, 0.05) is 57.7 Å². The summed E-state index contributed by atoms with van der Waals surface area (Å²) in [5.74, 6) is -0.172. The fourth-order valence-corrected chi connectivity index (χ4v) is 3.76. The van der Waals surface area contributed by atoms with E-state index in [0.29, 0.717) is 5.69 Å². The Hall–Kier alpha value is -3.13. The van der Waals surface area contributed by atoms with Crippen LogP contribution < -0.4 is 15.8 Å². The van der Waals surface area contributed by atoms with E-state index in [-0.39, 0.29) is 11.5 Å². The van der Waals surface area contributed by atoms with E-state index < -0.39 is 0 Å². The quantitative estimate of drug-likeness (QED) is 0.681. The third-order valence-corrected chi connectivity index (χ3v) is 5.47. The molecule has 1 fully saturated rings. The second-order valence-electron chi connectivity index (χ2n) is 7.35. The molecule has 1 aliphatic heterocycles. The smallest absolute Gasteiger partial charge is 0.269 e. The van der Waals surface area contributed by atoms with E-state index in [1.165, 1.54) is 5.56 Å². The van der Waals surface area contributed by atoms with Crippen LogP contribution in [0, 0.1) is 0 Å². The van der Waals surface area contributed by atoms with E-state index in [1.807, 2.05) is 23.6 Å². The van der Waals surface area contributed by atoms with E-state index in [2.05, 4.69) is 37.3 Å². The molecule has 4 rings (SSSR count). The largest absolute Gasteiger partial charge is 0.368 e. The highest BCUT2D eigenvalue weighted by atomic mass is 16.1. The highest BCUT2D eigenvalue weighted by molar-refractivity contribution is 5.92. The number of rotatable bonds is 5. The maximum absolute atomic E-state index is 12.0. The lowest BCUT2D eigenvalue weighted by molar-refractivity contribution is 0.0958. The molecule has 0 radical (unpaired) electrons. The Labute approximate surface area is 169 Å². The van der Waals surface area contributed by atoms with Gasteiger partial charge in [0.25, 0.3) is 11.5 Å². The van der Waals surface area contributed by atoms with E-state index in [4.69, 9.17) is 0 Å². The lowest BCUT2D eigenvalue weighted by atomic mass is 10.2. The zero-order chi connectivity index (χ0) is 20.4. The number of aryl methyl sites for hydroxylation is 1. The van der Waals surface area contributed by atoms with Crippen molar-refractivity contribution < 1.29 is 4.79 Å². The Bertz CT molecular complexity index is 1060. The first kappa shape index (κ1) is 19.2. The van der Waals surface area contributed by atoms with Gasteiger partial charge < -0.3 is 19.6 Å². The van der Waals surface area contributed by atoms with Crippen LogP contribution in [0.5, 0.6) is 0 Å². The zero-order valence-corrected chi connectivity index (χ0v) is 16.8. The molecule has 0 aliphatic carbocycles. The lowest BCUT2D eigenvalue weighted by Gasteiger charge is -2.35. The summed E-state index contributed by atoms with van der Waals surface area (Å²) < 4.78 is 2.01. The fourth-order valence-electron chi connectivity index (χ4n) is 3.76. The second-order valence-corrected chi connectivity index (χ2v) is 7.35. The third kappa shape index (κ3) is 4.02. The molecule has 152 valence electrons. The van der Waals surface area contributed by atoms with Crippen LogP contribution in [-0.4, -0.2) is 58.4 Å². The van der Waals surface area contributed by atoms with Gasteiger partial charge in [0.15, 0.2) is 0 Å². The summed E-state index contributed by atoms with van der Waals surface area (Å²) >= 11 is 0. The Morgan fingerprint density at radius 3 is 2.66 bits per heavy atom. The first-order valence-corrected chi connectivity index (χ1v) is 9.95. The first-order valence-electron chi connectivity index (χ1n) is 9.95. The Balaban J connectivity index is 1.38. The SMILES string of the molecule is CCc1cn2cc(CN3CCN(c4ccc(C(=O)NC)nc4)CC3)cc2[nH]c1=O. The highest BCUT2D eigenvalue weighted by Crippen LogP contribution is 2.17. The van der Waals surface area contributed by atoms with Crippen LogP contribution in [0.15, 0.2) is 41.6 Å². The Morgan fingerprint density at radius 1 is 1.21 bits per heavy atom. The van der Waals surface area contributed by atoms with Crippen LogP contribution in [0.1, 0.15) is 28.5 Å². The van der Waals surface area contributed by atoms with Gasteiger partial charge in [-0.1, -0.05) is 6.92 Å². The van der Waals surface area contributed by atoms with Crippen molar-refractivity contribution in [1.29, 1.82) is 0 Å². The number of fused-ring (bicyclic) bond motifs is 1. The number of nitrogens with zero attached hydrogens (tertiary/aromatic N) is 4. The molecule has 0 saturated carbocycles. The molecule has 0 bridgehead atoms. The number of nitrogens with one attached hydrogen (secondary N) is 2. The molecule has 1 saturated heterocycles. The average molecular weight is 394 g/mol. The average Bonchev–Trinajstić information content (AvgIpc) is 3.14. The first-order chi connectivity index (χ1) is 14.1. The van der Waals surface area contributed by atoms with Crippen molar-refractivity contribution in [3.8, 4) is 0 Å².